The van der Waals surface area contributed by atoms with E-state index in [1.165, 1.54) is 0 Å². The SMILES string of the molecule is O=C(CN1CCC(C(=O)NCc2ccco2)CC1)Nc1ccnn1Cc1ccccc1. The number of furan rings is 1. The molecule has 0 radical (unpaired) electrons. The molecule has 0 bridgehead atoms. The summed E-state index contributed by atoms with van der Waals surface area (Å²) in [5, 5.41) is 10.2. The third-order valence-electron chi connectivity index (χ3n) is 5.50. The second kappa shape index (κ2) is 10.1. The molecule has 31 heavy (non-hydrogen) atoms. The molecule has 1 aliphatic heterocycles. The zero-order valence-corrected chi connectivity index (χ0v) is 17.4. The van der Waals surface area contributed by atoms with Crippen LogP contribution < -0.4 is 10.6 Å². The van der Waals surface area contributed by atoms with Gasteiger partial charge in [0.1, 0.15) is 11.6 Å². The van der Waals surface area contributed by atoms with Crippen LogP contribution >= 0.6 is 0 Å². The lowest BCUT2D eigenvalue weighted by atomic mass is 9.96. The van der Waals surface area contributed by atoms with Gasteiger partial charge in [-0.1, -0.05) is 30.3 Å². The Labute approximate surface area is 181 Å². The number of aromatic nitrogens is 2. The van der Waals surface area contributed by atoms with E-state index in [-0.39, 0.29) is 17.7 Å². The summed E-state index contributed by atoms with van der Waals surface area (Å²) in [7, 11) is 0. The van der Waals surface area contributed by atoms with Crippen LogP contribution in [0.15, 0.2) is 65.4 Å². The molecule has 4 rings (SSSR count). The molecule has 0 spiro atoms. The molecule has 1 aromatic carbocycles. The topological polar surface area (TPSA) is 92.4 Å². The number of amides is 2. The van der Waals surface area contributed by atoms with Crippen LogP contribution in [-0.4, -0.2) is 46.1 Å². The number of benzene rings is 1. The highest BCUT2D eigenvalue weighted by Crippen LogP contribution is 2.18. The first kappa shape index (κ1) is 20.9. The lowest BCUT2D eigenvalue weighted by Crippen LogP contribution is -2.43. The molecule has 162 valence electrons. The van der Waals surface area contributed by atoms with Crippen molar-refractivity contribution in [2.75, 3.05) is 25.0 Å². The maximum absolute atomic E-state index is 12.5. The van der Waals surface area contributed by atoms with Gasteiger partial charge in [-0.3, -0.25) is 14.5 Å². The van der Waals surface area contributed by atoms with E-state index in [0.29, 0.717) is 25.5 Å². The van der Waals surface area contributed by atoms with Crippen LogP contribution in [0.4, 0.5) is 5.82 Å². The Morgan fingerprint density at radius 2 is 1.87 bits per heavy atom. The summed E-state index contributed by atoms with van der Waals surface area (Å²) in [6.45, 7) is 2.75. The van der Waals surface area contributed by atoms with Crippen molar-refractivity contribution in [2.45, 2.75) is 25.9 Å². The summed E-state index contributed by atoms with van der Waals surface area (Å²) in [4.78, 5) is 27.0. The second-order valence-electron chi connectivity index (χ2n) is 7.76. The monoisotopic (exact) mass is 421 g/mol. The van der Waals surface area contributed by atoms with Gasteiger partial charge in [-0.2, -0.15) is 5.10 Å². The molecule has 0 aliphatic carbocycles. The number of piperidine rings is 1. The molecule has 3 aromatic rings. The first-order chi connectivity index (χ1) is 15.2. The molecular formula is C23H27N5O3. The van der Waals surface area contributed by atoms with Gasteiger partial charge in [-0.15, -0.1) is 0 Å². The van der Waals surface area contributed by atoms with Gasteiger partial charge in [-0.25, -0.2) is 4.68 Å². The summed E-state index contributed by atoms with van der Waals surface area (Å²) >= 11 is 0. The van der Waals surface area contributed by atoms with Crippen molar-refractivity contribution in [1.82, 2.24) is 20.0 Å². The van der Waals surface area contributed by atoms with E-state index >= 15 is 0 Å². The van der Waals surface area contributed by atoms with Crippen LogP contribution in [0.5, 0.6) is 0 Å². The zero-order chi connectivity index (χ0) is 21.5. The van der Waals surface area contributed by atoms with E-state index in [4.69, 9.17) is 4.42 Å². The van der Waals surface area contributed by atoms with Crippen LogP contribution in [0.3, 0.4) is 0 Å². The summed E-state index contributed by atoms with van der Waals surface area (Å²) in [6.07, 6.45) is 4.76. The largest absolute Gasteiger partial charge is 0.467 e. The van der Waals surface area contributed by atoms with Gasteiger partial charge in [0.2, 0.25) is 11.8 Å². The summed E-state index contributed by atoms with van der Waals surface area (Å²) < 4.78 is 7.02. The highest BCUT2D eigenvalue weighted by atomic mass is 16.3. The smallest absolute Gasteiger partial charge is 0.239 e. The van der Waals surface area contributed by atoms with Crippen LogP contribution in [0.25, 0.3) is 0 Å². The molecule has 2 amide bonds. The zero-order valence-electron chi connectivity index (χ0n) is 17.4. The number of carbonyl (C=O) groups is 2. The number of nitrogens with zero attached hydrogens (tertiary/aromatic N) is 3. The van der Waals surface area contributed by atoms with Gasteiger partial charge in [0.15, 0.2) is 0 Å². The van der Waals surface area contributed by atoms with Crippen molar-refractivity contribution in [3.63, 3.8) is 0 Å². The van der Waals surface area contributed by atoms with Crippen molar-refractivity contribution >= 4 is 17.6 Å². The Kier molecular flexibility index (Phi) is 6.78. The van der Waals surface area contributed by atoms with Crippen molar-refractivity contribution in [3.8, 4) is 0 Å². The number of hydrogen-bond acceptors (Lipinski definition) is 5. The number of nitrogens with one attached hydrogen (secondary N) is 2. The molecule has 0 saturated carbocycles. The number of hydrogen-bond donors (Lipinski definition) is 2. The lowest BCUT2D eigenvalue weighted by Gasteiger charge is -2.30. The number of carbonyl (C=O) groups excluding carboxylic acids is 2. The van der Waals surface area contributed by atoms with Crippen LogP contribution in [0.1, 0.15) is 24.2 Å². The summed E-state index contributed by atoms with van der Waals surface area (Å²) in [6, 6.07) is 15.4. The van der Waals surface area contributed by atoms with Crippen molar-refractivity contribution in [2.24, 2.45) is 5.92 Å². The van der Waals surface area contributed by atoms with Gasteiger partial charge in [0.05, 0.1) is 32.1 Å². The van der Waals surface area contributed by atoms with Crippen molar-refractivity contribution in [1.29, 1.82) is 0 Å². The standard InChI is InChI=1S/C23H27N5O3/c29-22(26-21-8-11-25-28(21)16-18-5-2-1-3-6-18)17-27-12-9-19(10-13-27)23(30)24-15-20-7-4-14-31-20/h1-8,11,14,19H,9-10,12-13,15-17H2,(H,24,30)(H,26,29). The predicted molar refractivity (Wildman–Crippen MR) is 116 cm³/mol. The Bertz CT molecular complexity index is 976. The molecule has 3 heterocycles. The van der Waals surface area contributed by atoms with Gasteiger partial charge in [0.25, 0.3) is 0 Å². The maximum Gasteiger partial charge on any atom is 0.239 e. The second-order valence-corrected chi connectivity index (χ2v) is 7.76. The molecule has 2 N–H and O–H groups in total. The fraction of sp³-hybridized carbons (Fsp3) is 0.348. The van der Waals surface area contributed by atoms with E-state index in [1.54, 1.807) is 29.3 Å². The molecule has 8 heteroatoms. The predicted octanol–water partition coefficient (Wildman–Crippen LogP) is 2.49. The van der Waals surface area contributed by atoms with Gasteiger partial charge in [-0.05, 0) is 43.6 Å². The minimum atomic E-state index is -0.0736. The Balaban J connectivity index is 1.21. The van der Waals surface area contributed by atoms with Crippen LogP contribution in [0, 0.1) is 5.92 Å². The molecule has 0 unspecified atom stereocenters. The third-order valence-corrected chi connectivity index (χ3v) is 5.50. The fourth-order valence-corrected chi connectivity index (χ4v) is 3.79. The average Bonchev–Trinajstić information content (AvgIpc) is 3.46. The van der Waals surface area contributed by atoms with E-state index < -0.39 is 0 Å². The van der Waals surface area contributed by atoms with E-state index in [2.05, 4.69) is 20.6 Å². The minimum Gasteiger partial charge on any atom is -0.467 e. The van der Waals surface area contributed by atoms with E-state index in [9.17, 15) is 9.59 Å². The molecule has 2 aromatic heterocycles. The van der Waals surface area contributed by atoms with Gasteiger partial charge >= 0.3 is 0 Å². The number of anilines is 1. The lowest BCUT2D eigenvalue weighted by molar-refractivity contribution is -0.126. The van der Waals surface area contributed by atoms with Gasteiger partial charge < -0.3 is 15.1 Å². The third kappa shape index (κ3) is 5.82. The Morgan fingerprint density at radius 3 is 2.61 bits per heavy atom. The van der Waals surface area contributed by atoms with Crippen LogP contribution in [0.2, 0.25) is 0 Å². The molecule has 8 nitrogen and oxygen atoms in total. The average molecular weight is 422 g/mol. The first-order valence-corrected chi connectivity index (χ1v) is 10.6. The molecule has 1 fully saturated rings. The number of likely N-dealkylation sites (tertiary alicyclic amines) is 1. The molecule has 1 aliphatic rings. The minimum absolute atomic E-state index is 0.0263. The highest BCUT2D eigenvalue weighted by Gasteiger charge is 2.26. The van der Waals surface area contributed by atoms with Crippen molar-refractivity contribution < 1.29 is 14.0 Å². The summed E-state index contributed by atoms with van der Waals surface area (Å²) in [5.74, 6) is 1.37. The van der Waals surface area contributed by atoms with E-state index in [0.717, 1.165) is 37.3 Å². The van der Waals surface area contributed by atoms with Gasteiger partial charge in [0, 0.05) is 12.0 Å². The van der Waals surface area contributed by atoms with Crippen LogP contribution in [-0.2, 0) is 22.7 Å². The molecule has 0 atom stereocenters. The quantitative estimate of drug-likeness (QED) is 0.583. The van der Waals surface area contributed by atoms with E-state index in [1.807, 2.05) is 36.4 Å². The Hall–Kier alpha value is -3.39. The fourth-order valence-electron chi connectivity index (χ4n) is 3.79. The highest BCUT2D eigenvalue weighted by molar-refractivity contribution is 5.91. The Morgan fingerprint density at radius 1 is 1.06 bits per heavy atom. The molecular weight excluding hydrogens is 394 g/mol. The summed E-state index contributed by atoms with van der Waals surface area (Å²) in [5.41, 5.74) is 1.12. The normalized spacial score (nSPS) is 15.0. The maximum atomic E-state index is 12.5. The van der Waals surface area contributed by atoms with Crippen molar-refractivity contribution in [3.05, 3.63) is 72.3 Å². The number of rotatable bonds is 8. The molecule has 1 saturated heterocycles. The first-order valence-electron chi connectivity index (χ1n) is 10.6.